The molecule has 1 aliphatic heterocycles. The molecule has 1 fully saturated rings. The van der Waals surface area contributed by atoms with E-state index in [1.165, 1.54) is 4.90 Å². The number of amides is 3. The van der Waals surface area contributed by atoms with Gasteiger partial charge in [-0.15, -0.1) is 0 Å². The minimum Gasteiger partial charge on any atom is -0.493 e. The molecule has 0 radical (unpaired) electrons. The molecular weight excluding hydrogens is 523 g/mol. The summed E-state index contributed by atoms with van der Waals surface area (Å²) in [5.41, 5.74) is 1.48. The molecule has 2 aromatic rings. The van der Waals surface area contributed by atoms with Crippen molar-refractivity contribution in [3.8, 4) is 11.5 Å². The molecule has 1 aliphatic rings. The third-order valence-electron chi connectivity index (χ3n) is 5.46. The van der Waals surface area contributed by atoms with Crippen LogP contribution in [0, 0.1) is 3.57 Å². The van der Waals surface area contributed by atoms with E-state index < -0.39 is 6.04 Å². The molecule has 3 rings (SSSR count). The molecule has 3 amide bonds. The van der Waals surface area contributed by atoms with Crippen molar-refractivity contribution in [2.24, 2.45) is 0 Å². The zero-order valence-electron chi connectivity index (χ0n) is 18.5. The fraction of sp³-hybridized carbons (Fsp3) is 0.375. The third-order valence-corrected chi connectivity index (χ3v) is 6.18. The van der Waals surface area contributed by atoms with Crippen LogP contribution >= 0.6 is 22.6 Å². The maximum atomic E-state index is 13.2. The lowest BCUT2D eigenvalue weighted by atomic mass is 10.1. The molecule has 8 heteroatoms. The van der Waals surface area contributed by atoms with Crippen molar-refractivity contribution in [1.82, 2.24) is 4.90 Å². The molecular formula is C24H27IN2O5. The number of carbonyl (C=O) groups excluding carboxylic acids is 3. The minimum atomic E-state index is -0.791. The second-order valence-electron chi connectivity index (χ2n) is 7.54. The summed E-state index contributed by atoms with van der Waals surface area (Å²) in [6.45, 7) is 2.25. The second kappa shape index (κ2) is 10.8. The molecule has 170 valence electrons. The lowest BCUT2D eigenvalue weighted by molar-refractivity contribution is -0.138. The Hall–Kier alpha value is -2.62. The number of methoxy groups -OCH3 is 2. The van der Waals surface area contributed by atoms with Crippen LogP contribution in [0.4, 0.5) is 5.69 Å². The van der Waals surface area contributed by atoms with Gasteiger partial charge in [-0.1, -0.05) is 13.0 Å². The van der Waals surface area contributed by atoms with Gasteiger partial charge in [-0.25, -0.2) is 4.90 Å². The Morgan fingerprint density at radius 1 is 1.09 bits per heavy atom. The Bertz CT molecular complexity index is 992. The largest absolute Gasteiger partial charge is 0.493 e. The summed E-state index contributed by atoms with van der Waals surface area (Å²) in [5, 5.41) is 0. The molecule has 0 aliphatic carbocycles. The number of carbonyl (C=O) groups is 3. The molecule has 7 nitrogen and oxygen atoms in total. The third kappa shape index (κ3) is 5.23. The molecule has 0 bridgehead atoms. The average molecular weight is 550 g/mol. The van der Waals surface area contributed by atoms with Crippen LogP contribution in [-0.2, 0) is 20.8 Å². The molecule has 0 saturated carbocycles. The van der Waals surface area contributed by atoms with Gasteiger partial charge in [0.15, 0.2) is 11.5 Å². The highest BCUT2D eigenvalue weighted by Gasteiger charge is 2.44. The van der Waals surface area contributed by atoms with E-state index in [9.17, 15) is 14.4 Å². The van der Waals surface area contributed by atoms with E-state index in [1.807, 2.05) is 37.3 Å². The molecule has 0 spiro atoms. The molecule has 1 atom stereocenters. The summed E-state index contributed by atoms with van der Waals surface area (Å²) in [6, 6.07) is 12.0. The number of rotatable bonds is 9. The fourth-order valence-corrected chi connectivity index (χ4v) is 4.18. The molecule has 0 aromatic heterocycles. The summed E-state index contributed by atoms with van der Waals surface area (Å²) < 4.78 is 11.6. The molecule has 1 saturated heterocycles. The maximum absolute atomic E-state index is 13.2. The molecule has 1 heterocycles. The monoisotopic (exact) mass is 550 g/mol. The summed E-state index contributed by atoms with van der Waals surface area (Å²) in [7, 11) is 3.14. The number of ether oxygens (including phenoxy) is 2. The van der Waals surface area contributed by atoms with Crippen molar-refractivity contribution in [3.05, 3.63) is 51.6 Å². The summed E-state index contributed by atoms with van der Waals surface area (Å²) >= 11 is 2.17. The van der Waals surface area contributed by atoms with Gasteiger partial charge in [-0.05, 0) is 77.4 Å². The normalized spacial score (nSPS) is 15.8. The number of hydrogen-bond acceptors (Lipinski definition) is 5. The van der Waals surface area contributed by atoms with Crippen LogP contribution < -0.4 is 14.4 Å². The van der Waals surface area contributed by atoms with Crippen LogP contribution in [0.3, 0.4) is 0 Å². The van der Waals surface area contributed by atoms with Gasteiger partial charge in [0.1, 0.15) is 6.04 Å². The number of hydrogen-bond donors (Lipinski definition) is 0. The van der Waals surface area contributed by atoms with E-state index in [2.05, 4.69) is 22.6 Å². The first-order chi connectivity index (χ1) is 15.4. The van der Waals surface area contributed by atoms with Crippen molar-refractivity contribution in [2.75, 3.05) is 25.7 Å². The molecule has 2 aromatic carbocycles. The number of halogens is 1. The predicted octanol–water partition coefficient (Wildman–Crippen LogP) is 3.81. The van der Waals surface area contributed by atoms with Crippen molar-refractivity contribution >= 4 is 46.0 Å². The minimum absolute atomic E-state index is 0.00773. The zero-order chi connectivity index (χ0) is 23.3. The van der Waals surface area contributed by atoms with Crippen LogP contribution in [-0.4, -0.2) is 49.4 Å². The highest BCUT2D eigenvalue weighted by atomic mass is 127. The van der Waals surface area contributed by atoms with Crippen molar-refractivity contribution in [1.29, 1.82) is 0 Å². The van der Waals surface area contributed by atoms with Gasteiger partial charge < -0.3 is 14.4 Å². The van der Waals surface area contributed by atoms with E-state index in [1.54, 1.807) is 31.3 Å². The first-order valence-electron chi connectivity index (χ1n) is 10.5. The first-order valence-corrected chi connectivity index (χ1v) is 11.6. The van der Waals surface area contributed by atoms with E-state index in [-0.39, 0.29) is 24.1 Å². The lowest BCUT2D eigenvalue weighted by Crippen LogP contribution is -2.46. The van der Waals surface area contributed by atoms with Gasteiger partial charge >= 0.3 is 0 Å². The number of imide groups is 1. The van der Waals surface area contributed by atoms with E-state index in [0.29, 0.717) is 43.0 Å². The van der Waals surface area contributed by atoms with Gasteiger partial charge in [0.25, 0.3) is 5.91 Å². The van der Waals surface area contributed by atoms with Gasteiger partial charge in [-0.3, -0.25) is 14.4 Å². The Kier molecular flexibility index (Phi) is 8.11. The van der Waals surface area contributed by atoms with E-state index in [4.69, 9.17) is 9.47 Å². The number of nitrogens with zero attached hydrogens (tertiary/aromatic N) is 2. The van der Waals surface area contributed by atoms with Crippen molar-refractivity contribution in [2.45, 2.75) is 38.6 Å². The quantitative estimate of drug-likeness (QED) is 0.351. The van der Waals surface area contributed by atoms with Crippen LogP contribution in [0.1, 0.15) is 31.7 Å². The van der Waals surface area contributed by atoms with Gasteiger partial charge in [0.2, 0.25) is 11.8 Å². The van der Waals surface area contributed by atoms with E-state index >= 15 is 0 Å². The summed E-state index contributed by atoms with van der Waals surface area (Å²) in [5.74, 6) is 0.464. The van der Waals surface area contributed by atoms with Crippen LogP contribution in [0.5, 0.6) is 11.5 Å². The molecule has 1 unspecified atom stereocenters. The van der Waals surface area contributed by atoms with Gasteiger partial charge in [0.05, 0.1) is 26.3 Å². The Labute approximate surface area is 201 Å². The Balaban J connectivity index is 1.81. The van der Waals surface area contributed by atoms with Crippen LogP contribution in [0.15, 0.2) is 42.5 Å². The van der Waals surface area contributed by atoms with Crippen molar-refractivity contribution < 1.29 is 23.9 Å². The van der Waals surface area contributed by atoms with Gasteiger partial charge in [0, 0.05) is 16.5 Å². The van der Waals surface area contributed by atoms with Gasteiger partial charge in [-0.2, -0.15) is 0 Å². The highest BCUT2D eigenvalue weighted by Crippen LogP contribution is 2.29. The Morgan fingerprint density at radius 2 is 1.78 bits per heavy atom. The smallest absolute Gasteiger partial charge is 0.257 e. The average Bonchev–Trinajstić information content (AvgIpc) is 3.08. The zero-order valence-corrected chi connectivity index (χ0v) is 20.6. The first kappa shape index (κ1) is 24.0. The molecule has 32 heavy (non-hydrogen) atoms. The topological polar surface area (TPSA) is 76.2 Å². The predicted molar refractivity (Wildman–Crippen MR) is 130 cm³/mol. The maximum Gasteiger partial charge on any atom is 0.257 e. The number of anilines is 1. The second-order valence-corrected chi connectivity index (χ2v) is 8.79. The molecule has 0 N–H and O–H groups in total. The lowest BCUT2D eigenvalue weighted by Gasteiger charge is -2.28. The highest BCUT2D eigenvalue weighted by molar-refractivity contribution is 14.1. The van der Waals surface area contributed by atoms with Crippen LogP contribution in [0.2, 0.25) is 0 Å². The van der Waals surface area contributed by atoms with Crippen LogP contribution in [0.25, 0.3) is 0 Å². The summed E-state index contributed by atoms with van der Waals surface area (Å²) in [6.07, 6.45) is 1.51. The standard InChI is InChI=1S/C24H27IN2O5/c1-4-5-22(28)26(13-12-16-6-11-20(31-2)21(14-16)32-3)19-15-23(29)27(24(19)30)18-9-7-17(25)8-10-18/h6-11,14,19H,4-5,12-13,15H2,1-3H3. The summed E-state index contributed by atoms with van der Waals surface area (Å²) in [4.78, 5) is 41.6. The Morgan fingerprint density at radius 3 is 2.41 bits per heavy atom. The SMILES string of the molecule is CCCC(=O)N(CCc1ccc(OC)c(OC)c1)C1CC(=O)N(c2ccc(I)cc2)C1=O. The van der Waals surface area contributed by atoms with E-state index in [0.717, 1.165) is 9.13 Å². The number of benzene rings is 2. The van der Waals surface area contributed by atoms with Crippen molar-refractivity contribution in [3.63, 3.8) is 0 Å². The fourth-order valence-electron chi connectivity index (χ4n) is 3.82.